The molecule has 0 fully saturated rings. The first-order valence-electron chi connectivity index (χ1n) is 6.11. The van der Waals surface area contributed by atoms with Gasteiger partial charge in [0.2, 0.25) is 5.91 Å². The van der Waals surface area contributed by atoms with Gasteiger partial charge in [-0.1, -0.05) is 41.6 Å². The van der Waals surface area contributed by atoms with Crippen LogP contribution >= 0.6 is 34.7 Å². The molecule has 1 aromatic carbocycles. The monoisotopic (exact) mass is 327 g/mol. The number of hydrogen-bond acceptors (Lipinski definition) is 5. The van der Waals surface area contributed by atoms with Gasteiger partial charge in [0.15, 0.2) is 4.34 Å². The minimum Gasteiger partial charge on any atom is -0.325 e. The molecule has 0 aliphatic carbocycles. The number of amides is 1. The van der Waals surface area contributed by atoms with Crippen LogP contribution in [0, 0.1) is 6.92 Å². The lowest BCUT2D eigenvalue weighted by Gasteiger charge is -2.13. The maximum atomic E-state index is 12.2. The van der Waals surface area contributed by atoms with Crippen LogP contribution in [0.15, 0.2) is 28.6 Å². The van der Waals surface area contributed by atoms with Crippen LogP contribution in [-0.4, -0.2) is 21.4 Å². The number of carbonyl (C=O) groups excluding carboxylic acids is 1. The summed E-state index contributed by atoms with van der Waals surface area (Å²) in [7, 11) is 0. The van der Waals surface area contributed by atoms with E-state index in [1.54, 1.807) is 24.3 Å². The van der Waals surface area contributed by atoms with Crippen molar-refractivity contribution in [2.45, 2.75) is 29.9 Å². The molecule has 1 N–H and O–H groups in total. The van der Waals surface area contributed by atoms with Gasteiger partial charge in [0.25, 0.3) is 0 Å². The fourth-order valence-electron chi connectivity index (χ4n) is 1.53. The van der Waals surface area contributed by atoms with Crippen molar-refractivity contribution < 1.29 is 4.79 Å². The van der Waals surface area contributed by atoms with Gasteiger partial charge in [-0.25, -0.2) is 0 Å². The number of aryl methyl sites for hydroxylation is 1. The summed E-state index contributed by atoms with van der Waals surface area (Å²) in [6.07, 6.45) is 0.725. The van der Waals surface area contributed by atoms with Crippen molar-refractivity contribution in [3.63, 3.8) is 0 Å². The third-order valence-electron chi connectivity index (χ3n) is 2.53. The van der Waals surface area contributed by atoms with E-state index in [-0.39, 0.29) is 11.2 Å². The van der Waals surface area contributed by atoms with Crippen molar-refractivity contribution in [1.29, 1.82) is 0 Å². The fraction of sp³-hybridized carbons (Fsp3) is 0.308. The quantitative estimate of drug-likeness (QED) is 0.843. The highest BCUT2D eigenvalue weighted by atomic mass is 35.5. The number of nitrogens with zero attached hydrogens (tertiary/aromatic N) is 2. The van der Waals surface area contributed by atoms with E-state index in [2.05, 4.69) is 15.5 Å². The molecular formula is C13H14ClN3OS2. The van der Waals surface area contributed by atoms with Gasteiger partial charge in [0.05, 0.1) is 5.25 Å². The van der Waals surface area contributed by atoms with Gasteiger partial charge in [0, 0.05) is 10.7 Å². The van der Waals surface area contributed by atoms with Gasteiger partial charge in [0.1, 0.15) is 5.01 Å². The Bertz CT molecular complexity index is 586. The number of carbonyl (C=O) groups is 1. The summed E-state index contributed by atoms with van der Waals surface area (Å²) >= 11 is 8.76. The molecule has 1 amide bonds. The van der Waals surface area contributed by atoms with Crippen molar-refractivity contribution in [3.8, 4) is 0 Å². The summed E-state index contributed by atoms with van der Waals surface area (Å²) in [6, 6.07) is 7.07. The summed E-state index contributed by atoms with van der Waals surface area (Å²) in [5.74, 6) is -0.0346. The number of thioether (sulfide) groups is 1. The van der Waals surface area contributed by atoms with Crippen molar-refractivity contribution in [1.82, 2.24) is 10.2 Å². The Morgan fingerprint density at radius 3 is 2.65 bits per heavy atom. The van der Waals surface area contributed by atoms with E-state index in [4.69, 9.17) is 11.6 Å². The standard InChI is InChI=1S/C13H14ClN3OS2/c1-3-11(20-13-17-16-8(2)19-13)12(18)15-10-6-4-9(14)5-7-10/h4-7,11H,3H2,1-2H3,(H,15,18). The van der Waals surface area contributed by atoms with Gasteiger partial charge >= 0.3 is 0 Å². The van der Waals surface area contributed by atoms with E-state index in [1.165, 1.54) is 23.1 Å². The van der Waals surface area contributed by atoms with E-state index < -0.39 is 0 Å². The smallest absolute Gasteiger partial charge is 0.237 e. The molecule has 0 saturated heterocycles. The Balaban J connectivity index is 2.00. The molecule has 1 heterocycles. The first kappa shape index (κ1) is 15.3. The Morgan fingerprint density at radius 1 is 1.40 bits per heavy atom. The number of aromatic nitrogens is 2. The Kier molecular flexibility index (Phi) is 5.39. The molecule has 0 bridgehead atoms. The average Bonchev–Trinajstić information content (AvgIpc) is 2.84. The number of hydrogen-bond donors (Lipinski definition) is 1. The molecule has 1 unspecified atom stereocenters. The van der Waals surface area contributed by atoms with Gasteiger partial charge in [-0.3, -0.25) is 4.79 Å². The normalized spacial score (nSPS) is 12.2. The van der Waals surface area contributed by atoms with E-state index in [1.807, 2.05) is 13.8 Å². The van der Waals surface area contributed by atoms with Crippen LogP contribution in [-0.2, 0) is 4.79 Å². The molecule has 1 atom stereocenters. The highest BCUT2D eigenvalue weighted by Gasteiger charge is 2.20. The molecule has 0 aliphatic rings. The molecule has 0 aliphatic heterocycles. The number of benzene rings is 1. The lowest BCUT2D eigenvalue weighted by molar-refractivity contribution is -0.115. The van der Waals surface area contributed by atoms with E-state index in [9.17, 15) is 4.79 Å². The van der Waals surface area contributed by atoms with Crippen LogP contribution in [0.3, 0.4) is 0 Å². The second kappa shape index (κ2) is 7.06. The molecule has 7 heteroatoms. The summed E-state index contributed by atoms with van der Waals surface area (Å²) in [6.45, 7) is 3.88. The molecule has 0 saturated carbocycles. The number of halogens is 1. The summed E-state index contributed by atoms with van der Waals surface area (Å²) in [5, 5.41) is 12.2. The average molecular weight is 328 g/mol. The number of anilines is 1. The molecule has 0 spiro atoms. The Labute approximate surface area is 130 Å². The largest absolute Gasteiger partial charge is 0.325 e. The third-order valence-corrected chi connectivity index (χ3v) is 5.06. The lowest BCUT2D eigenvalue weighted by Crippen LogP contribution is -2.24. The molecule has 20 heavy (non-hydrogen) atoms. The Hall–Kier alpha value is -1.11. The lowest BCUT2D eigenvalue weighted by atomic mass is 10.3. The maximum absolute atomic E-state index is 12.2. The first-order chi connectivity index (χ1) is 9.58. The van der Waals surface area contributed by atoms with Gasteiger partial charge in [-0.15, -0.1) is 10.2 Å². The molecule has 2 aromatic rings. The van der Waals surface area contributed by atoms with Crippen LogP contribution in [0.25, 0.3) is 0 Å². The molecule has 1 aromatic heterocycles. The minimum absolute atomic E-state index is 0.0346. The van der Waals surface area contributed by atoms with Crippen molar-refractivity contribution in [2.75, 3.05) is 5.32 Å². The van der Waals surface area contributed by atoms with E-state index in [0.29, 0.717) is 5.02 Å². The van der Waals surface area contributed by atoms with Crippen LogP contribution in [0.4, 0.5) is 5.69 Å². The summed E-state index contributed by atoms with van der Waals surface area (Å²) in [4.78, 5) is 12.2. The highest BCUT2D eigenvalue weighted by Crippen LogP contribution is 2.28. The molecule has 106 valence electrons. The SMILES string of the molecule is CCC(Sc1nnc(C)s1)C(=O)Nc1ccc(Cl)cc1. The summed E-state index contributed by atoms with van der Waals surface area (Å²) in [5.41, 5.74) is 0.742. The van der Waals surface area contributed by atoms with Crippen LogP contribution in [0.5, 0.6) is 0 Å². The third kappa shape index (κ3) is 4.19. The number of nitrogens with one attached hydrogen (secondary N) is 1. The number of rotatable bonds is 5. The second-order valence-electron chi connectivity index (χ2n) is 4.10. The zero-order chi connectivity index (χ0) is 14.5. The molecular weight excluding hydrogens is 314 g/mol. The van der Waals surface area contributed by atoms with Crippen molar-refractivity contribution in [2.24, 2.45) is 0 Å². The summed E-state index contributed by atoms with van der Waals surface area (Å²) < 4.78 is 0.820. The zero-order valence-corrected chi connectivity index (χ0v) is 13.5. The van der Waals surface area contributed by atoms with Gasteiger partial charge in [-0.05, 0) is 37.6 Å². The Morgan fingerprint density at radius 2 is 2.10 bits per heavy atom. The van der Waals surface area contributed by atoms with Crippen LogP contribution in [0.1, 0.15) is 18.4 Å². The van der Waals surface area contributed by atoms with E-state index >= 15 is 0 Å². The van der Waals surface area contributed by atoms with Crippen LogP contribution in [0.2, 0.25) is 5.02 Å². The zero-order valence-electron chi connectivity index (χ0n) is 11.1. The highest BCUT2D eigenvalue weighted by molar-refractivity contribution is 8.02. The van der Waals surface area contributed by atoms with Gasteiger partial charge in [-0.2, -0.15) is 0 Å². The molecule has 0 radical (unpaired) electrons. The molecule has 2 rings (SSSR count). The molecule has 4 nitrogen and oxygen atoms in total. The predicted octanol–water partition coefficient (Wildman–Crippen LogP) is 4.01. The fourth-order valence-corrected chi connectivity index (χ4v) is 3.63. The minimum atomic E-state index is -0.182. The second-order valence-corrected chi connectivity index (χ2v) is 7.17. The van der Waals surface area contributed by atoms with Gasteiger partial charge < -0.3 is 5.32 Å². The topological polar surface area (TPSA) is 54.9 Å². The van der Waals surface area contributed by atoms with Crippen molar-refractivity contribution in [3.05, 3.63) is 34.3 Å². The first-order valence-corrected chi connectivity index (χ1v) is 8.19. The predicted molar refractivity (Wildman–Crippen MR) is 84.7 cm³/mol. The van der Waals surface area contributed by atoms with Crippen molar-refractivity contribution >= 4 is 46.3 Å². The van der Waals surface area contributed by atoms with Crippen LogP contribution < -0.4 is 5.32 Å². The van der Waals surface area contributed by atoms with E-state index in [0.717, 1.165) is 21.5 Å². The maximum Gasteiger partial charge on any atom is 0.237 e.